The Balaban J connectivity index is 2.16. The Morgan fingerprint density at radius 1 is 1.17 bits per heavy atom. The second-order valence-electron chi connectivity index (χ2n) is 5.65. The third-order valence-corrected chi connectivity index (χ3v) is 3.60. The summed E-state index contributed by atoms with van der Waals surface area (Å²) >= 11 is 0. The lowest BCUT2D eigenvalue weighted by molar-refractivity contribution is -0.137. The molecule has 0 bridgehead atoms. The summed E-state index contributed by atoms with van der Waals surface area (Å²) in [6.45, 7) is 1.28. The number of rotatable bonds is 6. The molecule has 0 aliphatic heterocycles. The Labute approximate surface area is 163 Å². The number of nitrogens with two attached hydrogens (primary N) is 1. The second kappa shape index (κ2) is 8.95. The SMILES string of the molecule is CN=C(C(C)=O)C(=CN)NC(=O)c1ccnc(Nc2ccc(C(F)(F)F)cn2)c1. The van der Waals surface area contributed by atoms with Crippen LogP contribution in [0.15, 0.2) is 53.5 Å². The molecule has 0 radical (unpaired) electrons. The van der Waals surface area contributed by atoms with E-state index in [-0.39, 0.29) is 34.4 Å². The van der Waals surface area contributed by atoms with Crippen molar-refractivity contribution in [3.63, 3.8) is 0 Å². The van der Waals surface area contributed by atoms with Crippen molar-refractivity contribution in [1.82, 2.24) is 15.3 Å². The number of carbonyl (C=O) groups excluding carboxylic acids is 2. The average molecular weight is 406 g/mol. The summed E-state index contributed by atoms with van der Waals surface area (Å²) in [5.41, 5.74) is 4.78. The van der Waals surface area contributed by atoms with E-state index >= 15 is 0 Å². The Hall–Kier alpha value is -3.76. The lowest BCUT2D eigenvalue weighted by atomic mass is 10.2. The lowest BCUT2D eigenvalue weighted by Crippen LogP contribution is -2.31. The Morgan fingerprint density at radius 3 is 2.41 bits per heavy atom. The van der Waals surface area contributed by atoms with Crippen molar-refractivity contribution in [2.24, 2.45) is 10.7 Å². The minimum atomic E-state index is -4.49. The molecular formula is C18H17F3N6O2. The predicted molar refractivity (Wildman–Crippen MR) is 101 cm³/mol. The van der Waals surface area contributed by atoms with E-state index in [1.165, 1.54) is 32.3 Å². The molecule has 0 unspecified atom stereocenters. The molecule has 4 N–H and O–H groups in total. The summed E-state index contributed by atoms with van der Waals surface area (Å²) in [6.07, 6.45) is -1.43. The zero-order chi connectivity index (χ0) is 21.6. The number of allylic oxidation sites excluding steroid dienone is 1. The quantitative estimate of drug-likeness (QED) is 0.634. The highest BCUT2D eigenvalue weighted by atomic mass is 19.4. The van der Waals surface area contributed by atoms with E-state index in [9.17, 15) is 22.8 Å². The van der Waals surface area contributed by atoms with Gasteiger partial charge in [-0.2, -0.15) is 13.2 Å². The number of amides is 1. The van der Waals surface area contributed by atoms with Crippen LogP contribution in [0.1, 0.15) is 22.8 Å². The highest BCUT2D eigenvalue weighted by molar-refractivity contribution is 6.45. The highest BCUT2D eigenvalue weighted by Gasteiger charge is 2.30. The molecule has 11 heteroatoms. The molecule has 0 aliphatic rings. The number of carbonyl (C=O) groups is 2. The first-order valence-corrected chi connectivity index (χ1v) is 8.13. The van der Waals surface area contributed by atoms with Gasteiger partial charge in [0, 0.05) is 38.1 Å². The van der Waals surface area contributed by atoms with E-state index in [2.05, 4.69) is 25.6 Å². The summed E-state index contributed by atoms with van der Waals surface area (Å²) in [4.78, 5) is 35.5. The summed E-state index contributed by atoms with van der Waals surface area (Å²) in [7, 11) is 1.39. The number of nitrogens with one attached hydrogen (secondary N) is 2. The van der Waals surface area contributed by atoms with Gasteiger partial charge in [-0.15, -0.1) is 0 Å². The third kappa shape index (κ3) is 5.61. The van der Waals surface area contributed by atoms with Crippen LogP contribution in [0.3, 0.4) is 0 Å². The van der Waals surface area contributed by atoms with Crippen molar-refractivity contribution in [2.75, 3.05) is 12.4 Å². The minimum Gasteiger partial charge on any atom is -0.403 e. The van der Waals surface area contributed by atoms with Crippen molar-refractivity contribution in [2.45, 2.75) is 13.1 Å². The summed E-state index contributed by atoms with van der Waals surface area (Å²) in [6, 6.07) is 4.78. The van der Waals surface area contributed by atoms with Gasteiger partial charge in [0.2, 0.25) is 0 Å². The number of Topliss-reactive ketones (excluding diaryl/α,β-unsaturated/α-hetero) is 1. The average Bonchev–Trinajstić information content (AvgIpc) is 2.67. The molecule has 0 fully saturated rings. The largest absolute Gasteiger partial charge is 0.417 e. The molecular weight excluding hydrogens is 389 g/mol. The van der Waals surface area contributed by atoms with Gasteiger partial charge >= 0.3 is 6.18 Å². The van der Waals surface area contributed by atoms with E-state index in [0.717, 1.165) is 18.3 Å². The molecule has 2 heterocycles. The number of ketones is 1. The molecule has 0 saturated heterocycles. The number of nitrogens with zero attached hydrogens (tertiary/aromatic N) is 3. The number of anilines is 2. The molecule has 0 saturated carbocycles. The van der Waals surface area contributed by atoms with Crippen molar-refractivity contribution in [3.05, 3.63) is 59.7 Å². The Bertz CT molecular complexity index is 968. The number of halogens is 3. The molecule has 0 aliphatic carbocycles. The van der Waals surface area contributed by atoms with Gasteiger partial charge in [-0.05, 0) is 24.3 Å². The van der Waals surface area contributed by atoms with Crippen LogP contribution >= 0.6 is 0 Å². The second-order valence-corrected chi connectivity index (χ2v) is 5.65. The van der Waals surface area contributed by atoms with Gasteiger partial charge in [-0.25, -0.2) is 9.97 Å². The Kier molecular flexibility index (Phi) is 6.65. The minimum absolute atomic E-state index is 0.00205. The molecule has 0 aromatic carbocycles. The first kappa shape index (κ1) is 21.5. The fraction of sp³-hybridized carbons (Fsp3) is 0.167. The number of hydrogen-bond donors (Lipinski definition) is 3. The first-order valence-electron chi connectivity index (χ1n) is 8.13. The van der Waals surface area contributed by atoms with Crippen LogP contribution in [0.25, 0.3) is 0 Å². The van der Waals surface area contributed by atoms with E-state index in [1.54, 1.807) is 0 Å². The lowest BCUT2D eigenvalue weighted by Gasteiger charge is -2.11. The van der Waals surface area contributed by atoms with Crippen LogP contribution in [-0.2, 0) is 11.0 Å². The number of aliphatic imine (C=N–C) groups is 1. The van der Waals surface area contributed by atoms with Gasteiger partial charge in [-0.3, -0.25) is 14.6 Å². The van der Waals surface area contributed by atoms with Gasteiger partial charge in [0.25, 0.3) is 5.91 Å². The van der Waals surface area contributed by atoms with Gasteiger partial charge < -0.3 is 16.4 Å². The number of aromatic nitrogens is 2. The third-order valence-electron chi connectivity index (χ3n) is 3.60. The highest BCUT2D eigenvalue weighted by Crippen LogP contribution is 2.29. The normalized spacial score (nSPS) is 12.4. The van der Waals surface area contributed by atoms with Crippen LogP contribution in [0, 0.1) is 0 Å². The molecule has 2 aromatic heterocycles. The monoisotopic (exact) mass is 406 g/mol. The number of hydrogen-bond acceptors (Lipinski definition) is 7. The van der Waals surface area contributed by atoms with Crippen LogP contribution < -0.4 is 16.4 Å². The smallest absolute Gasteiger partial charge is 0.403 e. The summed E-state index contributed by atoms with van der Waals surface area (Å²) < 4.78 is 37.8. The zero-order valence-corrected chi connectivity index (χ0v) is 15.4. The van der Waals surface area contributed by atoms with Crippen LogP contribution in [0.5, 0.6) is 0 Å². The van der Waals surface area contributed by atoms with Gasteiger partial charge in [0.15, 0.2) is 5.78 Å². The van der Waals surface area contributed by atoms with E-state index < -0.39 is 17.6 Å². The number of alkyl halides is 3. The molecule has 2 rings (SSSR count). The molecule has 2 aromatic rings. The van der Waals surface area contributed by atoms with E-state index in [4.69, 9.17) is 5.73 Å². The maximum atomic E-state index is 12.6. The fourth-order valence-corrected chi connectivity index (χ4v) is 2.25. The fourth-order valence-electron chi connectivity index (χ4n) is 2.25. The van der Waals surface area contributed by atoms with Crippen molar-refractivity contribution in [1.29, 1.82) is 0 Å². The van der Waals surface area contributed by atoms with Crippen molar-refractivity contribution >= 4 is 29.0 Å². The van der Waals surface area contributed by atoms with Crippen LogP contribution in [0.2, 0.25) is 0 Å². The first-order chi connectivity index (χ1) is 13.7. The van der Waals surface area contributed by atoms with E-state index in [0.29, 0.717) is 6.20 Å². The summed E-state index contributed by atoms with van der Waals surface area (Å²) in [5, 5.41) is 5.19. The van der Waals surface area contributed by atoms with Crippen molar-refractivity contribution < 1.29 is 22.8 Å². The molecule has 0 atom stereocenters. The standard InChI is InChI=1S/C18H17F3N6O2/c1-10(28)16(23-2)13(8-22)26-17(29)11-5-6-24-15(7-11)27-14-4-3-12(9-25-14)18(19,20)21/h3-9H,22H2,1-2H3,(H,26,29)(H,24,25,27). The molecule has 152 valence electrons. The molecule has 29 heavy (non-hydrogen) atoms. The van der Waals surface area contributed by atoms with Gasteiger partial charge in [-0.1, -0.05) is 0 Å². The topological polar surface area (TPSA) is 122 Å². The van der Waals surface area contributed by atoms with Crippen LogP contribution in [-0.4, -0.2) is 34.4 Å². The molecule has 0 spiro atoms. The van der Waals surface area contributed by atoms with Crippen LogP contribution in [0.4, 0.5) is 24.8 Å². The summed E-state index contributed by atoms with van der Waals surface area (Å²) in [5.74, 6) is -0.674. The predicted octanol–water partition coefficient (Wildman–Crippen LogP) is 2.43. The maximum Gasteiger partial charge on any atom is 0.417 e. The van der Waals surface area contributed by atoms with Gasteiger partial charge in [0.1, 0.15) is 17.3 Å². The molecule has 1 amide bonds. The van der Waals surface area contributed by atoms with E-state index in [1.807, 2.05) is 0 Å². The maximum absolute atomic E-state index is 12.6. The Morgan fingerprint density at radius 2 is 1.90 bits per heavy atom. The molecule has 8 nitrogen and oxygen atoms in total. The number of pyridine rings is 2. The zero-order valence-electron chi connectivity index (χ0n) is 15.4. The van der Waals surface area contributed by atoms with Gasteiger partial charge in [0.05, 0.1) is 11.3 Å². The van der Waals surface area contributed by atoms with Crippen molar-refractivity contribution in [3.8, 4) is 0 Å².